The highest BCUT2D eigenvalue weighted by molar-refractivity contribution is 5.86. The van der Waals surface area contributed by atoms with E-state index in [0.29, 0.717) is 35.8 Å². The summed E-state index contributed by atoms with van der Waals surface area (Å²) < 4.78 is 1.97. The largest absolute Gasteiger partial charge is 0.390 e. The van der Waals surface area contributed by atoms with E-state index in [-0.39, 0.29) is 17.4 Å². The number of rotatable bonds is 9. The molecule has 2 saturated carbocycles. The number of nitrogens with one attached hydrogen (secondary N) is 1. The maximum Gasteiger partial charge on any atom is 0.145 e. The zero-order valence-electron chi connectivity index (χ0n) is 25.7. The second kappa shape index (κ2) is 11.2. The highest BCUT2D eigenvalue weighted by atomic mass is 16.3. The number of aliphatic hydroxyl groups excluding tert-OH is 2. The number of imidazole rings is 1. The molecule has 2 aliphatic rings. The number of nitrogen functional groups attached to an aromatic ring is 1. The SMILES string of the molecule is CC(C)CN(CC1CC(n2ccc3c(N)ncnc32)C(O)C1O)C1CC(CCc2nc3ccc(C(C)(C)C)cc3[nH]2)C1. The van der Waals surface area contributed by atoms with E-state index in [0.717, 1.165) is 48.2 Å². The lowest BCUT2D eigenvalue weighted by Crippen LogP contribution is -2.49. The van der Waals surface area contributed by atoms with Crippen molar-refractivity contribution in [2.45, 2.75) is 96.4 Å². The number of fused-ring (bicyclic) bond motifs is 2. The Kier molecular flexibility index (Phi) is 7.79. The number of aromatic nitrogens is 5. The number of nitrogens with two attached hydrogens (primary N) is 1. The van der Waals surface area contributed by atoms with Crippen molar-refractivity contribution in [3.8, 4) is 0 Å². The quantitative estimate of drug-likeness (QED) is 0.226. The molecule has 3 aromatic heterocycles. The highest BCUT2D eigenvalue weighted by Gasteiger charge is 2.45. The summed E-state index contributed by atoms with van der Waals surface area (Å²) in [4.78, 5) is 19.5. The fourth-order valence-electron chi connectivity index (χ4n) is 7.18. The molecule has 42 heavy (non-hydrogen) atoms. The Hall–Kier alpha value is -3.01. The number of hydrogen-bond acceptors (Lipinski definition) is 7. The van der Waals surface area contributed by atoms with Gasteiger partial charge < -0.3 is 25.5 Å². The summed E-state index contributed by atoms with van der Waals surface area (Å²) in [6, 6.07) is 8.75. The lowest BCUT2D eigenvalue weighted by Gasteiger charge is -2.45. The summed E-state index contributed by atoms with van der Waals surface area (Å²) in [5.74, 6) is 2.72. The average molecular weight is 574 g/mol. The van der Waals surface area contributed by atoms with Gasteiger partial charge in [-0.1, -0.05) is 40.7 Å². The van der Waals surface area contributed by atoms with Crippen molar-refractivity contribution >= 4 is 27.9 Å². The number of hydrogen-bond donors (Lipinski definition) is 4. The van der Waals surface area contributed by atoms with Crippen LogP contribution in [0.2, 0.25) is 0 Å². The van der Waals surface area contributed by atoms with Crippen LogP contribution in [0.5, 0.6) is 0 Å². The molecule has 6 rings (SSSR count). The van der Waals surface area contributed by atoms with E-state index in [2.05, 4.69) is 72.7 Å². The molecule has 0 spiro atoms. The molecule has 0 bridgehead atoms. The monoisotopic (exact) mass is 573 g/mol. The molecule has 5 N–H and O–H groups in total. The summed E-state index contributed by atoms with van der Waals surface area (Å²) in [6.45, 7) is 13.0. The average Bonchev–Trinajstić information content (AvgIpc) is 3.59. The van der Waals surface area contributed by atoms with Gasteiger partial charge in [0.25, 0.3) is 0 Å². The van der Waals surface area contributed by atoms with Crippen LogP contribution in [-0.2, 0) is 11.8 Å². The molecule has 4 aromatic rings. The van der Waals surface area contributed by atoms with E-state index in [1.165, 1.54) is 24.7 Å². The van der Waals surface area contributed by atoms with Gasteiger partial charge in [0.05, 0.1) is 28.6 Å². The molecule has 4 atom stereocenters. The second-order valence-electron chi connectivity index (χ2n) is 14.3. The van der Waals surface area contributed by atoms with Crippen LogP contribution in [0, 0.1) is 17.8 Å². The number of nitrogens with zero attached hydrogens (tertiary/aromatic N) is 5. The number of anilines is 1. The summed E-state index contributed by atoms with van der Waals surface area (Å²) in [5.41, 5.74) is 10.4. The van der Waals surface area contributed by atoms with Crippen molar-refractivity contribution in [3.63, 3.8) is 0 Å². The minimum atomic E-state index is -0.847. The van der Waals surface area contributed by atoms with Crippen LogP contribution in [0.15, 0.2) is 36.8 Å². The normalized spacial score (nSPS) is 26.6. The maximum atomic E-state index is 11.1. The molecule has 0 saturated heterocycles. The molecule has 0 aliphatic heterocycles. The smallest absolute Gasteiger partial charge is 0.145 e. The Morgan fingerprint density at radius 2 is 1.88 bits per heavy atom. The van der Waals surface area contributed by atoms with Gasteiger partial charge in [0.2, 0.25) is 0 Å². The molecule has 226 valence electrons. The van der Waals surface area contributed by atoms with Crippen LogP contribution >= 0.6 is 0 Å². The van der Waals surface area contributed by atoms with Gasteiger partial charge in [-0.25, -0.2) is 15.0 Å². The lowest BCUT2D eigenvalue weighted by atomic mass is 9.76. The first-order valence-electron chi connectivity index (χ1n) is 15.6. The molecular formula is C33H47N7O2. The van der Waals surface area contributed by atoms with E-state index >= 15 is 0 Å². The molecule has 2 fully saturated rings. The van der Waals surface area contributed by atoms with Gasteiger partial charge in [0.1, 0.15) is 29.7 Å². The number of aromatic amines is 1. The Morgan fingerprint density at radius 3 is 2.62 bits per heavy atom. The van der Waals surface area contributed by atoms with E-state index in [4.69, 9.17) is 10.7 Å². The van der Waals surface area contributed by atoms with E-state index < -0.39 is 12.2 Å². The van der Waals surface area contributed by atoms with Crippen molar-refractivity contribution in [3.05, 3.63) is 48.2 Å². The first-order chi connectivity index (χ1) is 20.0. The van der Waals surface area contributed by atoms with Gasteiger partial charge in [0, 0.05) is 37.7 Å². The Morgan fingerprint density at radius 1 is 1.10 bits per heavy atom. The van der Waals surface area contributed by atoms with Crippen LogP contribution in [0.3, 0.4) is 0 Å². The third kappa shape index (κ3) is 5.66. The Labute approximate surface area is 248 Å². The predicted molar refractivity (Wildman–Crippen MR) is 167 cm³/mol. The van der Waals surface area contributed by atoms with Crippen molar-refractivity contribution in [2.75, 3.05) is 18.8 Å². The van der Waals surface area contributed by atoms with Crippen LogP contribution < -0.4 is 5.73 Å². The van der Waals surface area contributed by atoms with Gasteiger partial charge in [0.15, 0.2) is 0 Å². The van der Waals surface area contributed by atoms with Crippen LogP contribution in [0.25, 0.3) is 22.1 Å². The van der Waals surface area contributed by atoms with Crippen LogP contribution in [-0.4, -0.2) is 71.0 Å². The minimum Gasteiger partial charge on any atom is -0.390 e. The molecule has 0 amide bonds. The zero-order valence-corrected chi connectivity index (χ0v) is 25.7. The number of benzene rings is 1. The third-order valence-electron chi connectivity index (χ3n) is 9.65. The predicted octanol–water partition coefficient (Wildman–Crippen LogP) is 4.84. The van der Waals surface area contributed by atoms with Crippen molar-refractivity contribution in [1.82, 2.24) is 29.4 Å². The molecule has 1 aromatic carbocycles. The van der Waals surface area contributed by atoms with E-state index in [1.807, 2.05) is 16.8 Å². The van der Waals surface area contributed by atoms with Gasteiger partial charge >= 0.3 is 0 Å². The molecule has 9 nitrogen and oxygen atoms in total. The van der Waals surface area contributed by atoms with Crippen LogP contribution in [0.4, 0.5) is 5.82 Å². The first-order valence-corrected chi connectivity index (χ1v) is 15.6. The fourth-order valence-corrected chi connectivity index (χ4v) is 7.18. The van der Waals surface area contributed by atoms with Crippen molar-refractivity contribution < 1.29 is 10.2 Å². The number of H-pyrrole nitrogens is 1. The third-order valence-corrected chi connectivity index (χ3v) is 9.65. The highest BCUT2D eigenvalue weighted by Crippen LogP contribution is 2.41. The van der Waals surface area contributed by atoms with Crippen molar-refractivity contribution in [1.29, 1.82) is 0 Å². The number of aliphatic hydroxyl groups is 2. The van der Waals surface area contributed by atoms with Gasteiger partial charge in [-0.2, -0.15) is 0 Å². The van der Waals surface area contributed by atoms with Crippen molar-refractivity contribution in [2.24, 2.45) is 17.8 Å². The molecule has 0 radical (unpaired) electrons. The fraction of sp³-hybridized carbons (Fsp3) is 0.606. The molecule has 4 unspecified atom stereocenters. The molecule has 9 heteroatoms. The second-order valence-corrected chi connectivity index (χ2v) is 14.3. The Balaban J connectivity index is 1.07. The maximum absolute atomic E-state index is 11.1. The zero-order chi connectivity index (χ0) is 29.8. The number of aryl methyl sites for hydroxylation is 1. The molecular weight excluding hydrogens is 526 g/mol. The van der Waals surface area contributed by atoms with E-state index in [9.17, 15) is 10.2 Å². The van der Waals surface area contributed by atoms with E-state index in [1.54, 1.807) is 0 Å². The van der Waals surface area contributed by atoms with Gasteiger partial charge in [-0.3, -0.25) is 4.90 Å². The van der Waals surface area contributed by atoms with Gasteiger partial charge in [-0.05, 0) is 66.7 Å². The summed E-state index contributed by atoms with van der Waals surface area (Å²) in [6.07, 6.45) is 6.90. The Bertz CT molecular complexity index is 1530. The molecule has 2 aliphatic carbocycles. The topological polar surface area (TPSA) is 129 Å². The minimum absolute atomic E-state index is 0.00651. The van der Waals surface area contributed by atoms with Crippen LogP contribution in [0.1, 0.15) is 77.7 Å². The summed E-state index contributed by atoms with van der Waals surface area (Å²) in [7, 11) is 0. The molecule has 3 heterocycles. The standard InChI is InChI=1S/C33H47N7O2/c1-19(2)16-39(17-21-14-27(30(42)29(21)41)40-11-10-24-31(34)35-18-36-32(24)40)23-12-20(13-23)6-9-28-37-25-8-7-22(33(3,4)5)15-26(25)38-28/h7-8,10-11,15,18-21,23,27,29-30,41-42H,6,9,12-14,16-17H2,1-5H3,(H,37,38)(H2,34,35,36). The van der Waals surface area contributed by atoms with Gasteiger partial charge in [-0.15, -0.1) is 0 Å². The summed E-state index contributed by atoms with van der Waals surface area (Å²) >= 11 is 0. The summed E-state index contributed by atoms with van der Waals surface area (Å²) in [5, 5.41) is 23.0. The lowest BCUT2D eigenvalue weighted by molar-refractivity contribution is -0.0132. The first kappa shape index (κ1) is 29.1.